The molecule has 1 aromatic carbocycles. The Morgan fingerprint density at radius 3 is 2.75 bits per heavy atom. The van der Waals surface area contributed by atoms with Gasteiger partial charge in [0.1, 0.15) is 5.82 Å². The van der Waals surface area contributed by atoms with Gasteiger partial charge in [-0.25, -0.2) is 4.39 Å². The summed E-state index contributed by atoms with van der Waals surface area (Å²) in [6, 6.07) is 5.75. The molecule has 1 aliphatic carbocycles. The van der Waals surface area contributed by atoms with Crippen molar-refractivity contribution in [2.45, 2.75) is 57.4 Å². The van der Waals surface area contributed by atoms with Crippen molar-refractivity contribution in [3.63, 3.8) is 0 Å². The molecule has 1 aliphatic rings. The fourth-order valence-corrected chi connectivity index (χ4v) is 3.66. The Kier molecular flexibility index (Phi) is 6.50. The maximum Gasteiger partial charge on any atom is 0.137 e. The number of hydrogen-bond acceptors (Lipinski definition) is 1. The van der Waals surface area contributed by atoms with Crippen molar-refractivity contribution in [1.82, 2.24) is 5.32 Å². The van der Waals surface area contributed by atoms with Crippen LogP contribution < -0.4 is 5.32 Å². The summed E-state index contributed by atoms with van der Waals surface area (Å²) < 4.78 is 14.2. The summed E-state index contributed by atoms with van der Waals surface area (Å²) in [6.45, 7) is 0. The predicted molar refractivity (Wildman–Crippen MR) is 86.5 cm³/mol. The van der Waals surface area contributed by atoms with Crippen LogP contribution in [0.5, 0.6) is 0 Å². The Morgan fingerprint density at radius 1 is 1.30 bits per heavy atom. The average Bonchev–Trinajstić information content (AvgIpc) is 2.49. The largest absolute Gasteiger partial charge is 0.317 e. The molecule has 1 unspecified atom stereocenters. The van der Waals surface area contributed by atoms with Crippen molar-refractivity contribution in [1.29, 1.82) is 0 Å². The van der Waals surface area contributed by atoms with Gasteiger partial charge >= 0.3 is 0 Å². The van der Waals surface area contributed by atoms with Crippen LogP contribution in [0.2, 0.25) is 0 Å². The van der Waals surface area contributed by atoms with E-state index < -0.39 is 0 Å². The first-order valence-electron chi connectivity index (χ1n) is 7.81. The highest BCUT2D eigenvalue weighted by Gasteiger charge is 2.17. The van der Waals surface area contributed by atoms with Gasteiger partial charge in [0.25, 0.3) is 0 Å². The Hall–Kier alpha value is -0.410. The van der Waals surface area contributed by atoms with E-state index in [4.69, 9.17) is 0 Å². The molecule has 1 saturated carbocycles. The number of likely N-dealkylation sites (N-methyl/N-ethyl adjacent to an activating group) is 1. The molecule has 0 aromatic heterocycles. The second-order valence-electron chi connectivity index (χ2n) is 5.98. The molecule has 2 rings (SSSR count). The van der Waals surface area contributed by atoms with Crippen LogP contribution in [0.15, 0.2) is 22.7 Å². The van der Waals surface area contributed by atoms with Crippen LogP contribution in [-0.2, 0) is 6.42 Å². The number of benzene rings is 1. The first-order valence-corrected chi connectivity index (χ1v) is 8.60. The lowest BCUT2D eigenvalue weighted by molar-refractivity contribution is 0.315. The lowest BCUT2D eigenvalue weighted by Gasteiger charge is -2.24. The van der Waals surface area contributed by atoms with Crippen LogP contribution in [0.4, 0.5) is 4.39 Å². The molecule has 0 aliphatic heterocycles. The minimum absolute atomic E-state index is 0.162. The maximum absolute atomic E-state index is 13.5. The van der Waals surface area contributed by atoms with Gasteiger partial charge in [-0.05, 0) is 59.8 Å². The highest BCUT2D eigenvalue weighted by Crippen LogP contribution is 2.28. The van der Waals surface area contributed by atoms with Gasteiger partial charge < -0.3 is 5.32 Å². The van der Waals surface area contributed by atoms with Crippen LogP contribution in [0.3, 0.4) is 0 Å². The van der Waals surface area contributed by atoms with E-state index >= 15 is 0 Å². The zero-order valence-electron chi connectivity index (χ0n) is 12.3. The van der Waals surface area contributed by atoms with E-state index in [9.17, 15) is 4.39 Å². The summed E-state index contributed by atoms with van der Waals surface area (Å²) in [5, 5.41) is 3.39. The van der Waals surface area contributed by atoms with Gasteiger partial charge in [0.2, 0.25) is 0 Å². The van der Waals surface area contributed by atoms with Gasteiger partial charge in [0.05, 0.1) is 4.47 Å². The first-order chi connectivity index (χ1) is 9.70. The first kappa shape index (κ1) is 16.0. The van der Waals surface area contributed by atoms with Gasteiger partial charge in [0, 0.05) is 6.04 Å². The third-order valence-electron chi connectivity index (χ3n) is 4.55. The van der Waals surface area contributed by atoms with Crippen LogP contribution in [0.1, 0.15) is 50.5 Å². The van der Waals surface area contributed by atoms with Crippen LogP contribution >= 0.6 is 15.9 Å². The molecule has 0 amide bonds. The fraction of sp³-hybridized carbons (Fsp3) is 0.647. The average molecular weight is 342 g/mol. The quantitative estimate of drug-likeness (QED) is 0.760. The van der Waals surface area contributed by atoms with E-state index in [0.29, 0.717) is 10.5 Å². The molecule has 0 saturated heterocycles. The van der Waals surface area contributed by atoms with E-state index in [2.05, 4.69) is 21.2 Å². The van der Waals surface area contributed by atoms with E-state index in [0.717, 1.165) is 17.9 Å². The minimum atomic E-state index is -0.162. The van der Waals surface area contributed by atoms with Crippen LogP contribution in [0, 0.1) is 11.7 Å². The third kappa shape index (κ3) is 4.56. The smallest absolute Gasteiger partial charge is 0.137 e. The van der Waals surface area contributed by atoms with Crippen molar-refractivity contribution in [2.24, 2.45) is 5.92 Å². The molecule has 1 N–H and O–H groups in total. The second kappa shape index (κ2) is 8.14. The highest BCUT2D eigenvalue weighted by molar-refractivity contribution is 9.10. The molecule has 1 aromatic rings. The van der Waals surface area contributed by atoms with Crippen molar-refractivity contribution in [3.8, 4) is 0 Å². The Balaban J connectivity index is 1.86. The number of rotatable bonds is 6. The summed E-state index contributed by atoms with van der Waals surface area (Å²) in [6.07, 6.45) is 10.4. The summed E-state index contributed by atoms with van der Waals surface area (Å²) in [4.78, 5) is 0. The Labute approximate surface area is 130 Å². The molecule has 20 heavy (non-hydrogen) atoms. The summed E-state index contributed by atoms with van der Waals surface area (Å²) in [5.41, 5.74) is 1.06. The minimum Gasteiger partial charge on any atom is -0.317 e. The summed E-state index contributed by atoms with van der Waals surface area (Å²) in [5.74, 6) is 0.750. The molecule has 1 fully saturated rings. The predicted octanol–water partition coefficient (Wildman–Crippen LogP) is 5.08. The van der Waals surface area contributed by atoms with Gasteiger partial charge in [-0.15, -0.1) is 0 Å². The molecule has 112 valence electrons. The lowest BCUT2D eigenvalue weighted by atomic mass is 9.84. The van der Waals surface area contributed by atoms with E-state index in [1.165, 1.54) is 51.0 Å². The lowest BCUT2D eigenvalue weighted by Crippen LogP contribution is -2.28. The third-order valence-corrected chi connectivity index (χ3v) is 5.44. The highest BCUT2D eigenvalue weighted by atomic mass is 79.9. The van der Waals surface area contributed by atoms with Gasteiger partial charge in [-0.3, -0.25) is 0 Å². The number of hydrogen-bond donors (Lipinski definition) is 1. The molecule has 3 heteroatoms. The maximum atomic E-state index is 13.5. The summed E-state index contributed by atoms with van der Waals surface area (Å²) in [7, 11) is 2.01. The SMILES string of the molecule is CNC(CCC1CCCCC1)Cc1cccc(F)c1Br. The molecule has 0 heterocycles. The van der Waals surface area contributed by atoms with Crippen molar-refractivity contribution in [3.05, 3.63) is 34.1 Å². The Morgan fingerprint density at radius 2 is 2.05 bits per heavy atom. The molecular formula is C17H25BrFN. The molecule has 0 radical (unpaired) electrons. The van der Waals surface area contributed by atoms with E-state index in [-0.39, 0.29) is 5.82 Å². The molecule has 0 bridgehead atoms. The van der Waals surface area contributed by atoms with Crippen molar-refractivity contribution >= 4 is 15.9 Å². The molecule has 1 nitrogen and oxygen atoms in total. The zero-order chi connectivity index (χ0) is 14.4. The normalized spacial score (nSPS) is 18.1. The standard InChI is InChI=1S/C17H25BrFN/c1-20-15(11-10-13-6-3-2-4-7-13)12-14-8-5-9-16(19)17(14)18/h5,8-9,13,15,20H,2-4,6-7,10-12H2,1H3. The Bertz CT molecular complexity index is 415. The topological polar surface area (TPSA) is 12.0 Å². The van der Waals surface area contributed by atoms with Gasteiger partial charge in [0.15, 0.2) is 0 Å². The molecule has 1 atom stereocenters. The van der Waals surface area contributed by atoms with Gasteiger partial charge in [-0.1, -0.05) is 44.2 Å². The van der Waals surface area contributed by atoms with E-state index in [1.54, 1.807) is 6.07 Å². The fourth-order valence-electron chi connectivity index (χ4n) is 3.23. The van der Waals surface area contributed by atoms with Crippen molar-refractivity contribution < 1.29 is 4.39 Å². The molecule has 0 spiro atoms. The number of halogens is 2. The second-order valence-corrected chi connectivity index (χ2v) is 6.78. The number of nitrogens with one attached hydrogen (secondary N) is 1. The summed E-state index contributed by atoms with van der Waals surface area (Å²) >= 11 is 3.36. The monoisotopic (exact) mass is 341 g/mol. The van der Waals surface area contributed by atoms with Crippen LogP contribution in [-0.4, -0.2) is 13.1 Å². The van der Waals surface area contributed by atoms with Crippen molar-refractivity contribution in [2.75, 3.05) is 7.05 Å². The van der Waals surface area contributed by atoms with Gasteiger partial charge in [-0.2, -0.15) is 0 Å². The van der Waals surface area contributed by atoms with Crippen LogP contribution in [0.25, 0.3) is 0 Å². The zero-order valence-corrected chi connectivity index (χ0v) is 13.9. The van der Waals surface area contributed by atoms with E-state index in [1.807, 2.05) is 13.1 Å². The molecular weight excluding hydrogens is 317 g/mol.